The molecule has 1 aliphatic carbocycles. The number of nitrogens with one attached hydrogen (secondary N) is 1. The van der Waals surface area contributed by atoms with E-state index in [0.29, 0.717) is 29.5 Å². The van der Waals surface area contributed by atoms with Crippen molar-refractivity contribution in [2.45, 2.75) is 44.2 Å². The Kier molecular flexibility index (Phi) is 5.96. The first kappa shape index (κ1) is 19.3. The number of nitrogens with zero attached hydrogens (tertiary/aromatic N) is 4. The fourth-order valence-corrected chi connectivity index (χ4v) is 4.21. The predicted molar refractivity (Wildman–Crippen MR) is 108 cm³/mol. The number of rotatable bonds is 6. The van der Waals surface area contributed by atoms with Crippen LogP contribution in [0.4, 0.5) is 9.52 Å². The summed E-state index contributed by atoms with van der Waals surface area (Å²) in [7, 11) is 0. The van der Waals surface area contributed by atoms with E-state index in [1.165, 1.54) is 23.6 Å². The molecule has 2 aromatic heterocycles. The van der Waals surface area contributed by atoms with Gasteiger partial charge in [0.05, 0.1) is 5.56 Å². The van der Waals surface area contributed by atoms with Crippen molar-refractivity contribution in [1.82, 2.24) is 15.2 Å². The van der Waals surface area contributed by atoms with Crippen LogP contribution in [0.15, 0.2) is 42.6 Å². The zero-order valence-corrected chi connectivity index (χ0v) is 16.5. The van der Waals surface area contributed by atoms with Crippen LogP contribution in [0.1, 0.15) is 41.8 Å². The van der Waals surface area contributed by atoms with Crippen LogP contribution in [-0.2, 0) is 6.42 Å². The second kappa shape index (κ2) is 8.97. The molecule has 0 bridgehead atoms. The van der Waals surface area contributed by atoms with E-state index in [2.05, 4.69) is 20.5 Å². The van der Waals surface area contributed by atoms with Crippen LogP contribution in [0.25, 0.3) is 0 Å². The predicted octanol–water partition coefficient (Wildman–Crippen LogP) is 4.34. The molecule has 8 heteroatoms. The second-order valence-electron chi connectivity index (χ2n) is 7.00. The lowest BCUT2D eigenvalue weighted by atomic mass is 9.93. The zero-order chi connectivity index (χ0) is 20.1. The van der Waals surface area contributed by atoms with Crippen LogP contribution in [0.2, 0.25) is 0 Å². The van der Waals surface area contributed by atoms with Crippen LogP contribution >= 0.6 is 11.3 Å². The summed E-state index contributed by atoms with van der Waals surface area (Å²) in [6, 6.07) is 12.6. The van der Waals surface area contributed by atoms with Gasteiger partial charge < -0.3 is 10.1 Å². The van der Waals surface area contributed by atoms with Crippen molar-refractivity contribution in [3.05, 3.63) is 64.5 Å². The fraction of sp³-hybridized carbons (Fsp3) is 0.333. The SMILES string of the molecule is N#Cc1ccc(OC2CCC(Nc3nnc(Cc4ccccc4F)s3)CC2)nc1. The first-order valence-corrected chi connectivity index (χ1v) is 10.4. The Morgan fingerprint density at radius 2 is 1.97 bits per heavy atom. The second-order valence-corrected chi connectivity index (χ2v) is 8.06. The van der Waals surface area contributed by atoms with E-state index in [1.807, 2.05) is 12.1 Å². The normalized spacial score (nSPS) is 18.8. The summed E-state index contributed by atoms with van der Waals surface area (Å²) in [5, 5.41) is 22.2. The van der Waals surface area contributed by atoms with Crippen LogP contribution in [0, 0.1) is 17.1 Å². The average Bonchev–Trinajstić information content (AvgIpc) is 3.18. The highest BCUT2D eigenvalue weighted by Crippen LogP contribution is 2.27. The van der Waals surface area contributed by atoms with Crippen LogP contribution in [-0.4, -0.2) is 27.3 Å². The van der Waals surface area contributed by atoms with Crippen molar-refractivity contribution in [1.29, 1.82) is 5.26 Å². The van der Waals surface area contributed by atoms with Gasteiger partial charge in [0.1, 0.15) is 23.0 Å². The van der Waals surface area contributed by atoms with Gasteiger partial charge >= 0.3 is 0 Å². The number of anilines is 1. The Labute approximate surface area is 172 Å². The molecular weight excluding hydrogens is 389 g/mol. The minimum absolute atomic E-state index is 0.125. The summed E-state index contributed by atoms with van der Waals surface area (Å²) in [6.07, 6.45) is 5.85. The summed E-state index contributed by atoms with van der Waals surface area (Å²) in [4.78, 5) is 4.17. The molecule has 29 heavy (non-hydrogen) atoms. The van der Waals surface area contributed by atoms with Crippen LogP contribution in [0.5, 0.6) is 5.88 Å². The van der Waals surface area contributed by atoms with Gasteiger partial charge in [0.25, 0.3) is 0 Å². The first-order chi connectivity index (χ1) is 14.2. The smallest absolute Gasteiger partial charge is 0.213 e. The molecule has 0 amide bonds. The minimum atomic E-state index is -0.215. The number of benzene rings is 1. The minimum Gasteiger partial charge on any atom is -0.474 e. The lowest BCUT2D eigenvalue weighted by molar-refractivity contribution is 0.144. The highest BCUT2D eigenvalue weighted by Gasteiger charge is 2.23. The van der Waals surface area contributed by atoms with Crippen molar-refractivity contribution in [2.24, 2.45) is 0 Å². The lowest BCUT2D eigenvalue weighted by Gasteiger charge is -2.28. The maximum atomic E-state index is 13.8. The molecule has 0 aliphatic heterocycles. The highest BCUT2D eigenvalue weighted by molar-refractivity contribution is 7.15. The molecule has 2 heterocycles. The van der Waals surface area contributed by atoms with E-state index in [4.69, 9.17) is 10.00 Å². The molecule has 1 aliphatic rings. The zero-order valence-electron chi connectivity index (χ0n) is 15.7. The van der Waals surface area contributed by atoms with E-state index in [1.54, 1.807) is 24.3 Å². The van der Waals surface area contributed by atoms with Gasteiger partial charge in [-0.15, -0.1) is 10.2 Å². The Morgan fingerprint density at radius 3 is 2.69 bits per heavy atom. The summed E-state index contributed by atoms with van der Waals surface area (Å²) in [6.45, 7) is 0. The van der Waals surface area contributed by atoms with Gasteiger partial charge in [-0.1, -0.05) is 29.5 Å². The summed E-state index contributed by atoms with van der Waals surface area (Å²) < 4.78 is 19.7. The molecule has 0 atom stereocenters. The molecule has 0 saturated heterocycles. The molecule has 6 nitrogen and oxygen atoms in total. The van der Waals surface area contributed by atoms with Crippen molar-refractivity contribution < 1.29 is 9.13 Å². The third-order valence-electron chi connectivity index (χ3n) is 4.92. The molecule has 3 aromatic rings. The summed E-state index contributed by atoms with van der Waals surface area (Å²) >= 11 is 1.47. The van der Waals surface area contributed by atoms with Gasteiger partial charge in [0.15, 0.2) is 0 Å². The molecule has 1 aromatic carbocycles. The topological polar surface area (TPSA) is 83.7 Å². The lowest BCUT2D eigenvalue weighted by Crippen LogP contribution is -2.31. The molecule has 0 radical (unpaired) electrons. The maximum Gasteiger partial charge on any atom is 0.213 e. The Balaban J connectivity index is 1.26. The van der Waals surface area contributed by atoms with Gasteiger partial charge in [-0.25, -0.2) is 9.37 Å². The van der Waals surface area contributed by atoms with Crippen LogP contribution in [0.3, 0.4) is 0 Å². The first-order valence-electron chi connectivity index (χ1n) is 9.55. The number of nitriles is 1. The molecular formula is C21H20FN5OS. The Bertz CT molecular complexity index is 993. The van der Waals surface area contributed by atoms with Crippen LogP contribution < -0.4 is 10.1 Å². The standard InChI is InChI=1S/C21H20FN5OS/c22-18-4-2-1-3-15(18)11-20-26-27-21(29-20)25-16-6-8-17(9-7-16)28-19-10-5-14(12-23)13-24-19/h1-5,10,13,16-17H,6-9,11H2,(H,25,27). The van der Waals surface area contributed by atoms with E-state index < -0.39 is 0 Å². The number of pyridine rings is 1. The number of aromatic nitrogens is 3. The van der Waals surface area contributed by atoms with Gasteiger partial charge in [-0.3, -0.25) is 0 Å². The van der Waals surface area contributed by atoms with E-state index in [9.17, 15) is 4.39 Å². The Hall–Kier alpha value is -3.05. The van der Waals surface area contributed by atoms with Crippen molar-refractivity contribution in [3.8, 4) is 11.9 Å². The third-order valence-corrected chi connectivity index (χ3v) is 5.78. The largest absolute Gasteiger partial charge is 0.474 e. The van der Waals surface area contributed by atoms with Gasteiger partial charge in [-0.2, -0.15) is 5.26 Å². The summed E-state index contributed by atoms with van der Waals surface area (Å²) in [5.74, 6) is 0.342. The monoisotopic (exact) mass is 409 g/mol. The van der Waals surface area contributed by atoms with Crippen molar-refractivity contribution in [3.63, 3.8) is 0 Å². The molecule has 1 saturated carbocycles. The van der Waals surface area contributed by atoms with E-state index in [-0.39, 0.29) is 11.9 Å². The third kappa shape index (κ3) is 5.06. The van der Waals surface area contributed by atoms with E-state index in [0.717, 1.165) is 35.8 Å². The number of halogens is 1. The average molecular weight is 409 g/mol. The van der Waals surface area contributed by atoms with Gasteiger partial charge in [0, 0.05) is 24.7 Å². The number of hydrogen-bond donors (Lipinski definition) is 1. The quantitative estimate of drug-likeness (QED) is 0.652. The van der Waals surface area contributed by atoms with Crippen molar-refractivity contribution in [2.75, 3.05) is 5.32 Å². The van der Waals surface area contributed by atoms with Crippen molar-refractivity contribution >= 4 is 16.5 Å². The molecule has 0 spiro atoms. The fourth-order valence-electron chi connectivity index (χ4n) is 3.37. The number of ether oxygens (including phenoxy) is 1. The molecule has 1 N–H and O–H groups in total. The molecule has 1 fully saturated rings. The summed E-state index contributed by atoms with van der Waals surface area (Å²) in [5.41, 5.74) is 1.15. The van der Waals surface area contributed by atoms with Gasteiger partial charge in [0.2, 0.25) is 11.0 Å². The molecule has 0 unspecified atom stereocenters. The highest BCUT2D eigenvalue weighted by atomic mass is 32.1. The number of hydrogen-bond acceptors (Lipinski definition) is 7. The van der Waals surface area contributed by atoms with Gasteiger partial charge in [-0.05, 0) is 43.4 Å². The molecule has 148 valence electrons. The Morgan fingerprint density at radius 1 is 1.14 bits per heavy atom. The van der Waals surface area contributed by atoms with E-state index >= 15 is 0 Å². The maximum absolute atomic E-state index is 13.8. The molecule has 4 rings (SSSR count).